The fraction of sp³-hybridized carbons (Fsp3) is 0.125. The number of rotatable bonds is 4. The molecule has 136 valence electrons. The van der Waals surface area contributed by atoms with E-state index in [4.69, 9.17) is 11.6 Å². The Bertz CT molecular complexity index is 1190. The van der Waals surface area contributed by atoms with Gasteiger partial charge in [-0.3, -0.25) is 10.1 Å². The highest BCUT2D eigenvalue weighted by atomic mass is 35.5. The van der Waals surface area contributed by atoms with Crippen molar-refractivity contribution in [2.75, 3.05) is 5.32 Å². The minimum Gasteiger partial charge on any atom is -0.301 e. The van der Waals surface area contributed by atoms with Gasteiger partial charge in [-0.05, 0) is 19.4 Å². The Morgan fingerprint density at radius 1 is 1.30 bits per heavy atom. The summed E-state index contributed by atoms with van der Waals surface area (Å²) in [5, 5.41) is 20.1. The number of nitrogens with one attached hydrogen (secondary N) is 1. The van der Waals surface area contributed by atoms with E-state index in [2.05, 4.69) is 31.4 Å². The average Bonchev–Trinajstić information content (AvgIpc) is 3.15. The topological polar surface area (TPSA) is 111 Å². The molecule has 1 aromatic carbocycles. The van der Waals surface area contributed by atoms with Crippen molar-refractivity contribution in [3.05, 3.63) is 56.3 Å². The number of nitrogens with zero attached hydrogens (tertiary/aromatic N) is 6. The van der Waals surface area contributed by atoms with E-state index in [0.29, 0.717) is 4.96 Å². The first-order valence-corrected chi connectivity index (χ1v) is 9.03. The first kappa shape index (κ1) is 17.3. The molecule has 0 aliphatic carbocycles. The molecule has 3 heterocycles. The highest BCUT2D eigenvalue weighted by molar-refractivity contribution is 7.15. The van der Waals surface area contributed by atoms with Crippen molar-refractivity contribution in [1.29, 1.82) is 0 Å². The van der Waals surface area contributed by atoms with E-state index in [1.807, 2.05) is 31.4 Å². The summed E-state index contributed by atoms with van der Waals surface area (Å²) in [6.07, 6.45) is 1.14. The number of aromatic nitrogens is 5. The molecule has 0 amide bonds. The number of halogens is 1. The van der Waals surface area contributed by atoms with Gasteiger partial charge >= 0.3 is 5.69 Å². The molecule has 4 rings (SSSR count). The lowest BCUT2D eigenvalue weighted by molar-refractivity contribution is -0.384. The first-order chi connectivity index (χ1) is 12.9. The summed E-state index contributed by atoms with van der Waals surface area (Å²) < 4.78 is 1.69. The smallest absolute Gasteiger partial charge is 0.301 e. The van der Waals surface area contributed by atoms with Gasteiger partial charge in [-0.15, -0.1) is 16.4 Å². The normalized spacial score (nSPS) is 11.1. The third-order valence-corrected chi connectivity index (χ3v) is 5.02. The molecule has 0 aliphatic rings. The number of aryl methyl sites for hydroxylation is 2. The second kappa shape index (κ2) is 6.56. The molecule has 0 radical (unpaired) electrons. The molecule has 4 aromatic rings. The lowest BCUT2D eigenvalue weighted by Gasteiger charge is -2.05. The Morgan fingerprint density at radius 3 is 2.85 bits per heavy atom. The van der Waals surface area contributed by atoms with E-state index >= 15 is 0 Å². The number of nitro groups is 1. The number of fused-ring (bicyclic) bond motifs is 1. The van der Waals surface area contributed by atoms with Crippen molar-refractivity contribution >= 4 is 45.4 Å². The Morgan fingerprint density at radius 2 is 2.11 bits per heavy atom. The highest BCUT2D eigenvalue weighted by Gasteiger charge is 2.23. The van der Waals surface area contributed by atoms with Crippen LogP contribution in [0.2, 0.25) is 5.15 Å². The van der Waals surface area contributed by atoms with Gasteiger partial charge in [-0.2, -0.15) is 4.98 Å². The molecule has 0 saturated heterocycles. The molecule has 1 N–H and O–H groups in total. The van der Waals surface area contributed by atoms with Crippen LogP contribution < -0.4 is 5.32 Å². The SMILES string of the molecule is Cc1ccc(-c2csc3nc(Nc4ncnc(Cl)c4[N+](=O)[O-])nn23)c(C)c1. The van der Waals surface area contributed by atoms with Crippen LogP contribution in [0.4, 0.5) is 17.5 Å². The Balaban J connectivity index is 1.75. The molecule has 0 spiro atoms. The first-order valence-electron chi connectivity index (χ1n) is 7.78. The maximum Gasteiger partial charge on any atom is 0.348 e. The van der Waals surface area contributed by atoms with Crippen molar-refractivity contribution in [3.8, 4) is 11.3 Å². The number of hydrogen-bond donors (Lipinski definition) is 1. The third-order valence-electron chi connectivity index (χ3n) is 3.93. The molecule has 0 unspecified atom stereocenters. The fourth-order valence-corrected chi connectivity index (χ4v) is 3.76. The minimum atomic E-state index is -0.649. The molecular formula is C16H12ClN7O2S. The van der Waals surface area contributed by atoms with Crippen LogP contribution in [0.3, 0.4) is 0 Å². The molecule has 0 aliphatic heterocycles. The summed E-state index contributed by atoms with van der Waals surface area (Å²) >= 11 is 7.23. The van der Waals surface area contributed by atoms with Gasteiger partial charge in [0.1, 0.15) is 6.33 Å². The molecule has 0 fully saturated rings. The average molecular weight is 402 g/mol. The number of anilines is 2. The van der Waals surface area contributed by atoms with Crippen LogP contribution in [-0.4, -0.2) is 29.5 Å². The maximum atomic E-state index is 11.2. The van der Waals surface area contributed by atoms with E-state index in [1.165, 1.54) is 16.9 Å². The second-order valence-electron chi connectivity index (χ2n) is 5.81. The van der Waals surface area contributed by atoms with Crippen molar-refractivity contribution in [2.24, 2.45) is 0 Å². The Hall–Kier alpha value is -3.11. The van der Waals surface area contributed by atoms with Crippen LogP contribution in [0, 0.1) is 24.0 Å². The molecule has 0 atom stereocenters. The molecule has 11 heteroatoms. The number of hydrogen-bond acceptors (Lipinski definition) is 8. The molecule has 3 aromatic heterocycles. The standard InChI is InChI=1S/C16H12ClN7O2S/c1-8-3-4-10(9(2)5-8)11-6-27-16-21-15(22-23(11)16)20-14-12(24(25)26)13(17)18-7-19-14/h3-7H,1-2H3,(H,18,19,20,22). The van der Waals surface area contributed by atoms with Gasteiger partial charge in [-0.25, -0.2) is 14.5 Å². The van der Waals surface area contributed by atoms with Crippen LogP contribution in [-0.2, 0) is 0 Å². The summed E-state index contributed by atoms with van der Waals surface area (Å²) in [5.74, 6) is 0.122. The second-order valence-corrected chi connectivity index (χ2v) is 7.01. The summed E-state index contributed by atoms with van der Waals surface area (Å²) in [6, 6.07) is 6.17. The van der Waals surface area contributed by atoms with Gasteiger partial charge in [0.25, 0.3) is 0 Å². The lowest BCUT2D eigenvalue weighted by atomic mass is 10.0. The van der Waals surface area contributed by atoms with Crippen molar-refractivity contribution in [3.63, 3.8) is 0 Å². The maximum absolute atomic E-state index is 11.2. The van der Waals surface area contributed by atoms with Crippen LogP contribution >= 0.6 is 22.9 Å². The monoisotopic (exact) mass is 401 g/mol. The summed E-state index contributed by atoms with van der Waals surface area (Å²) in [4.78, 5) is 23.1. The van der Waals surface area contributed by atoms with Gasteiger partial charge in [-0.1, -0.05) is 35.4 Å². The largest absolute Gasteiger partial charge is 0.348 e. The van der Waals surface area contributed by atoms with Crippen molar-refractivity contribution in [1.82, 2.24) is 24.6 Å². The van der Waals surface area contributed by atoms with Gasteiger partial charge in [0, 0.05) is 10.9 Å². The molecule has 9 nitrogen and oxygen atoms in total. The summed E-state index contributed by atoms with van der Waals surface area (Å²) in [6.45, 7) is 4.07. The molecular weight excluding hydrogens is 390 g/mol. The zero-order valence-corrected chi connectivity index (χ0v) is 15.7. The van der Waals surface area contributed by atoms with Gasteiger partial charge in [0.05, 0.1) is 10.6 Å². The predicted octanol–water partition coefficient (Wildman–Crippen LogP) is 4.17. The highest BCUT2D eigenvalue weighted by Crippen LogP contribution is 2.32. The Labute approximate surface area is 161 Å². The summed E-state index contributed by atoms with van der Waals surface area (Å²) in [5.41, 5.74) is 3.81. The van der Waals surface area contributed by atoms with E-state index in [0.717, 1.165) is 23.1 Å². The fourth-order valence-electron chi connectivity index (χ4n) is 2.74. The molecule has 0 saturated carbocycles. The van der Waals surface area contributed by atoms with Crippen molar-refractivity contribution in [2.45, 2.75) is 13.8 Å². The van der Waals surface area contributed by atoms with Gasteiger partial charge in [0.2, 0.25) is 21.9 Å². The zero-order chi connectivity index (χ0) is 19.1. The Kier molecular flexibility index (Phi) is 4.21. The van der Waals surface area contributed by atoms with Gasteiger partial charge in [0.15, 0.2) is 0 Å². The van der Waals surface area contributed by atoms with Crippen molar-refractivity contribution < 1.29 is 4.92 Å². The summed E-state index contributed by atoms with van der Waals surface area (Å²) in [7, 11) is 0. The van der Waals surface area contributed by atoms with E-state index < -0.39 is 10.6 Å². The molecule has 27 heavy (non-hydrogen) atoms. The number of benzene rings is 1. The van der Waals surface area contributed by atoms with E-state index in [1.54, 1.807) is 4.52 Å². The predicted molar refractivity (Wildman–Crippen MR) is 103 cm³/mol. The minimum absolute atomic E-state index is 0.0636. The van der Waals surface area contributed by atoms with Crippen LogP contribution in [0.1, 0.15) is 11.1 Å². The van der Waals surface area contributed by atoms with E-state index in [-0.39, 0.29) is 16.9 Å². The lowest BCUT2D eigenvalue weighted by Crippen LogP contribution is -2.03. The quantitative estimate of drug-likeness (QED) is 0.310. The zero-order valence-electron chi connectivity index (χ0n) is 14.2. The van der Waals surface area contributed by atoms with Crippen LogP contribution in [0.5, 0.6) is 0 Å². The van der Waals surface area contributed by atoms with Gasteiger partial charge < -0.3 is 5.32 Å². The third kappa shape index (κ3) is 3.09. The van der Waals surface area contributed by atoms with Crippen LogP contribution in [0.25, 0.3) is 16.2 Å². The number of thiazole rings is 1. The van der Waals surface area contributed by atoms with Crippen LogP contribution in [0.15, 0.2) is 29.9 Å². The van der Waals surface area contributed by atoms with E-state index in [9.17, 15) is 10.1 Å². The molecule has 0 bridgehead atoms.